The molecule has 1 aliphatic carbocycles. The lowest BCUT2D eigenvalue weighted by atomic mass is 10.1. The van der Waals surface area contributed by atoms with E-state index in [0.29, 0.717) is 22.5 Å². The highest BCUT2D eigenvalue weighted by atomic mass is 35.5. The van der Waals surface area contributed by atoms with E-state index in [1.807, 2.05) is 24.3 Å². The molecule has 1 aromatic carbocycles. The third-order valence-electron chi connectivity index (χ3n) is 3.98. The fourth-order valence-electron chi connectivity index (χ4n) is 2.42. The Balaban J connectivity index is 1.61. The van der Waals surface area contributed by atoms with Crippen LogP contribution in [0.2, 0.25) is 0 Å². The monoisotopic (exact) mass is 415 g/mol. The molecule has 0 aliphatic heterocycles. The first kappa shape index (κ1) is 19.4. The fraction of sp³-hybridized carbons (Fsp3) is 0.471. The van der Waals surface area contributed by atoms with E-state index in [9.17, 15) is 4.79 Å². The van der Waals surface area contributed by atoms with Crippen molar-refractivity contribution in [3.05, 3.63) is 34.8 Å². The van der Waals surface area contributed by atoms with Gasteiger partial charge in [0.05, 0.1) is 0 Å². The number of aromatic nitrogens is 2. The molecule has 26 heavy (non-hydrogen) atoms. The highest BCUT2D eigenvalue weighted by molar-refractivity contribution is 7.15. The summed E-state index contributed by atoms with van der Waals surface area (Å²) in [6.45, 7) is 3.74. The Hall–Kier alpha value is -1.41. The second kappa shape index (κ2) is 7.31. The normalized spacial score (nSPS) is 18.4. The Morgan fingerprint density at radius 1 is 1.35 bits per heavy atom. The van der Waals surface area contributed by atoms with Crippen molar-refractivity contribution in [1.29, 1.82) is 0 Å². The first-order valence-electron chi connectivity index (χ1n) is 8.01. The van der Waals surface area contributed by atoms with Gasteiger partial charge in [-0.15, -0.1) is 33.4 Å². The molecule has 1 atom stereocenters. The summed E-state index contributed by atoms with van der Waals surface area (Å²) < 4.78 is 10.2. The van der Waals surface area contributed by atoms with Crippen LogP contribution in [0.3, 0.4) is 0 Å². The minimum absolute atomic E-state index is 0.148. The van der Waals surface area contributed by atoms with Gasteiger partial charge in [0.2, 0.25) is 5.13 Å². The number of amides is 1. The molecule has 0 bridgehead atoms. The molecule has 1 N–H and O–H groups in total. The molecule has 2 aromatic rings. The second-order valence-electron chi connectivity index (χ2n) is 6.59. The number of hydrogen-bond donors (Lipinski definition) is 1. The zero-order valence-corrected chi connectivity index (χ0v) is 16.9. The number of nitrogens with one attached hydrogen (secondary N) is 1. The van der Waals surface area contributed by atoms with Gasteiger partial charge in [-0.25, -0.2) is 0 Å². The zero-order chi connectivity index (χ0) is 18.9. The molecule has 6 nitrogen and oxygen atoms in total. The summed E-state index contributed by atoms with van der Waals surface area (Å²) in [6, 6.07) is 7.47. The Morgan fingerprint density at radius 2 is 2.00 bits per heavy atom. The van der Waals surface area contributed by atoms with Crippen LogP contribution in [0.1, 0.15) is 36.8 Å². The molecule has 0 unspecified atom stereocenters. The molecule has 1 aromatic heterocycles. The van der Waals surface area contributed by atoms with Crippen LogP contribution in [0.25, 0.3) is 0 Å². The molecule has 0 spiro atoms. The van der Waals surface area contributed by atoms with Crippen LogP contribution < -0.4 is 10.1 Å². The number of anilines is 1. The molecule has 1 saturated carbocycles. The van der Waals surface area contributed by atoms with Gasteiger partial charge in [0, 0.05) is 13.0 Å². The number of methoxy groups -OCH3 is 1. The van der Waals surface area contributed by atoms with Gasteiger partial charge in [0.15, 0.2) is 5.60 Å². The smallest absolute Gasteiger partial charge is 0.269 e. The fourth-order valence-corrected chi connectivity index (χ4v) is 3.69. The van der Waals surface area contributed by atoms with Crippen molar-refractivity contribution in [1.82, 2.24) is 10.2 Å². The van der Waals surface area contributed by atoms with Crippen LogP contribution in [-0.4, -0.2) is 33.1 Å². The number of carbonyl (C=O) groups is 1. The summed E-state index contributed by atoms with van der Waals surface area (Å²) in [5, 5.41) is 11.7. The largest absolute Gasteiger partial charge is 0.478 e. The van der Waals surface area contributed by atoms with Gasteiger partial charge in [-0.05, 0) is 38.0 Å². The van der Waals surface area contributed by atoms with Crippen molar-refractivity contribution in [3.63, 3.8) is 0 Å². The maximum absolute atomic E-state index is 12.5. The Bertz CT molecular complexity index is 793. The number of nitrogens with zero attached hydrogens (tertiary/aromatic N) is 2. The lowest BCUT2D eigenvalue weighted by Crippen LogP contribution is -2.42. The van der Waals surface area contributed by atoms with Crippen LogP contribution in [0.15, 0.2) is 24.3 Å². The van der Waals surface area contributed by atoms with Crippen molar-refractivity contribution in [2.45, 2.75) is 42.7 Å². The van der Waals surface area contributed by atoms with Crippen molar-refractivity contribution in [2.75, 3.05) is 12.4 Å². The summed E-state index contributed by atoms with van der Waals surface area (Å²) >= 11 is 13.4. The van der Waals surface area contributed by atoms with Crippen LogP contribution in [0, 0.1) is 0 Å². The first-order chi connectivity index (χ1) is 12.2. The Kier molecular flexibility index (Phi) is 5.44. The first-order valence-corrected chi connectivity index (χ1v) is 9.58. The third-order valence-corrected chi connectivity index (χ3v) is 5.63. The molecule has 1 heterocycles. The van der Waals surface area contributed by atoms with Gasteiger partial charge in [0.1, 0.15) is 21.7 Å². The summed E-state index contributed by atoms with van der Waals surface area (Å²) in [7, 11) is 1.57. The topological polar surface area (TPSA) is 73.3 Å². The summed E-state index contributed by atoms with van der Waals surface area (Å²) in [5.74, 6) is 0.418. The third kappa shape index (κ3) is 4.46. The van der Waals surface area contributed by atoms with Crippen molar-refractivity contribution in [2.24, 2.45) is 0 Å². The van der Waals surface area contributed by atoms with Crippen LogP contribution in [0.5, 0.6) is 5.75 Å². The average Bonchev–Trinajstić information content (AvgIpc) is 2.99. The summed E-state index contributed by atoms with van der Waals surface area (Å²) in [6.07, 6.45) is 0.747. The highest BCUT2D eigenvalue weighted by Crippen LogP contribution is 2.59. The number of hydrogen-bond acceptors (Lipinski definition) is 6. The lowest BCUT2D eigenvalue weighted by molar-refractivity contribution is -0.128. The second-order valence-corrected chi connectivity index (χ2v) is 9.19. The molecule has 3 rings (SSSR count). The van der Waals surface area contributed by atoms with Crippen molar-refractivity contribution < 1.29 is 14.3 Å². The van der Waals surface area contributed by atoms with E-state index in [0.717, 1.165) is 12.0 Å². The highest BCUT2D eigenvalue weighted by Gasteiger charge is 2.52. The molecule has 0 radical (unpaired) electrons. The van der Waals surface area contributed by atoms with Gasteiger partial charge in [-0.1, -0.05) is 23.5 Å². The zero-order valence-electron chi connectivity index (χ0n) is 14.6. The van der Waals surface area contributed by atoms with Gasteiger partial charge in [-0.3, -0.25) is 10.1 Å². The van der Waals surface area contributed by atoms with Gasteiger partial charge < -0.3 is 9.47 Å². The quantitative estimate of drug-likeness (QED) is 0.687. The van der Waals surface area contributed by atoms with E-state index in [2.05, 4.69) is 15.5 Å². The molecule has 140 valence electrons. The van der Waals surface area contributed by atoms with E-state index in [-0.39, 0.29) is 11.8 Å². The average molecular weight is 416 g/mol. The van der Waals surface area contributed by atoms with E-state index in [1.54, 1.807) is 21.0 Å². The minimum atomic E-state index is -1.09. The van der Waals surface area contributed by atoms with Crippen molar-refractivity contribution >= 4 is 45.6 Å². The van der Waals surface area contributed by atoms with Gasteiger partial charge >= 0.3 is 0 Å². The molecular weight excluding hydrogens is 397 g/mol. The maximum Gasteiger partial charge on any atom is 0.269 e. The predicted octanol–water partition coefficient (Wildman–Crippen LogP) is 4.14. The standard InChI is InChI=1S/C17H19Cl2N3O3S/c1-16(2,14(23)20-15-22-21-13(26-15)9-24-3)25-11-6-4-10(5-7-11)12-8-17(12,18)19/h4-7,12H,8-9H2,1-3H3,(H,20,22,23)/t12-/m0/s1. The number of alkyl halides is 2. The van der Waals surface area contributed by atoms with E-state index >= 15 is 0 Å². The number of halogens is 2. The molecular formula is C17H19Cl2N3O3S. The molecule has 0 saturated heterocycles. The van der Waals surface area contributed by atoms with E-state index in [1.165, 1.54) is 11.3 Å². The number of ether oxygens (including phenoxy) is 2. The molecule has 9 heteroatoms. The molecule has 1 fully saturated rings. The number of benzene rings is 1. The van der Waals surface area contributed by atoms with Gasteiger partial charge in [0.25, 0.3) is 5.91 Å². The van der Waals surface area contributed by atoms with E-state index in [4.69, 9.17) is 32.7 Å². The Morgan fingerprint density at radius 3 is 2.58 bits per heavy atom. The summed E-state index contributed by atoms with van der Waals surface area (Å²) in [5.41, 5.74) is -0.0270. The maximum atomic E-state index is 12.5. The van der Waals surface area contributed by atoms with Crippen LogP contribution in [-0.2, 0) is 16.1 Å². The number of carbonyl (C=O) groups excluding carboxylic acids is 1. The van der Waals surface area contributed by atoms with Crippen LogP contribution in [0.4, 0.5) is 5.13 Å². The molecule has 1 aliphatic rings. The predicted molar refractivity (Wildman–Crippen MR) is 102 cm³/mol. The Labute approximate surface area is 165 Å². The minimum Gasteiger partial charge on any atom is -0.478 e. The number of rotatable bonds is 7. The summed E-state index contributed by atoms with van der Waals surface area (Å²) in [4.78, 5) is 12.5. The molecule has 1 amide bonds. The van der Waals surface area contributed by atoms with E-state index < -0.39 is 9.93 Å². The SMILES string of the molecule is COCc1nnc(NC(=O)C(C)(C)Oc2ccc([C@@H]3CC3(Cl)Cl)cc2)s1. The van der Waals surface area contributed by atoms with Crippen molar-refractivity contribution in [3.8, 4) is 5.75 Å². The van der Waals surface area contributed by atoms with Gasteiger partial charge in [-0.2, -0.15) is 0 Å². The van der Waals surface area contributed by atoms with Crippen LogP contribution >= 0.6 is 34.5 Å². The lowest BCUT2D eigenvalue weighted by Gasteiger charge is -2.24.